The maximum absolute atomic E-state index is 9.27. The molecule has 0 unspecified atom stereocenters. The zero-order valence-electron chi connectivity index (χ0n) is 11.5. The van der Waals surface area contributed by atoms with Gasteiger partial charge in [0.05, 0.1) is 17.9 Å². The van der Waals surface area contributed by atoms with E-state index in [4.69, 9.17) is 0 Å². The molecule has 0 bridgehead atoms. The largest absolute Gasteiger partial charge is 0.395 e. The second kappa shape index (κ2) is 7.03. The van der Waals surface area contributed by atoms with Gasteiger partial charge in [-0.05, 0) is 31.4 Å². The Labute approximate surface area is 110 Å². The topological polar surface area (TPSA) is 47.3 Å². The first kappa shape index (κ1) is 14.5. The standard InChI is InChI=1S/C15H22N2O/c1-4-14(5-2)17(9-10-18)15-12(3)7-6-8-13(15)11-16/h6-8,14,18H,4-5,9-10H2,1-3H3. The molecule has 18 heavy (non-hydrogen) atoms. The minimum Gasteiger partial charge on any atom is -0.395 e. The Morgan fingerprint density at radius 2 is 2.00 bits per heavy atom. The minimum absolute atomic E-state index is 0.107. The number of rotatable bonds is 6. The van der Waals surface area contributed by atoms with Gasteiger partial charge in [-0.25, -0.2) is 0 Å². The Morgan fingerprint density at radius 1 is 1.33 bits per heavy atom. The van der Waals surface area contributed by atoms with Crippen LogP contribution in [0.1, 0.15) is 37.8 Å². The molecule has 1 aromatic rings. The molecule has 3 heteroatoms. The molecular formula is C15H22N2O. The Kier molecular flexibility index (Phi) is 5.67. The number of aliphatic hydroxyl groups is 1. The molecule has 0 aliphatic carbocycles. The number of aryl methyl sites for hydroxylation is 1. The van der Waals surface area contributed by atoms with Gasteiger partial charge in [-0.2, -0.15) is 5.26 Å². The molecule has 0 heterocycles. The van der Waals surface area contributed by atoms with E-state index >= 15 is 0 Å². The Hall–Kier alpha value is -1.53. The van der Waals surface area contributed by atoms with Crippen LogP contribution in [0.5, 0.6) is 0 Å². The molecule has 1 aromatic carbocycles. The van der Waals surface area contributed by atoms with Crippen LogP contribution >= 0.6 is 0 Å². The lowest BCUT2D eigenvalue weighted by Gasteiger charge is -2.34. The highest BCUT2D eigenvalue weighted by atomic mass is 16.3. The van der Waals surface area contributed by atoms with Crippen molar-refractivity contribution < 1.29 is 5.11 Å². The zero-order valence-corrected chi connectivity index (χ0v) is 11.5. The van der Waals surface area contributed by atoms with Crippen molar-refractivity contribution in [2.24, 2.45) is 0 Å². The fourth-order valence-electron chi connectivity index (χ4n) is 2.44. The third kappa shape index (κ3) is 3.02. The monoisotopic (exact) mass is 246 g/mol. The highest BCUT2D eigenvalue weighted by Gasteiger charge is 2.19. The summed E-state index contributed by atoms with van der Waals surface area (Å²) in [4.78, 5) is 2.17. The normalized spacial score (nSPS) is 10.4. The molecule has 0 spiro atoms. The van der Waals surface area contributed by atoms with Gasteiger partial charge in [0.1, 0.15) is 6.07 Å². The Morgan fingerprint density at radius 3 is 2.50 bits per heavy atom. The lowest BCUT2D eigenvalue weighted by atomic mass is 10.0. The van der Waals surface area contributed by atoms with E-state index in [2.05, 4.69) is 24.8 Å². The van der Waals surface area contributed by atoms with Crippen LogP contribution in [0.2, 0.25) is 0 Å². The summed E-state index contributed by atoms with van der Waals surface area (Å²) in [7, 11) is 0. The van der Waals surface area contributed by atoms with Crippen LogP contribution in [-0.4, -0.2) is 24.3 Å². The first-order valence-corrected chi connectivity index (χ1v) is 6.56. The predicted octanol–water partition coefficient (Wildman–Crippen LogP) is 2.85. The Balaban J connectivity index is 3.24. The number of hydrogen-bond donors (Lipinski definition) is 1. The van der Waals surface area contributed by atoms with Crippen LogP contribution in [0.3, 0.4) is 0 Å². The number of nitriles is 1. The fourth-order valence-corrected chi connectivity index (χ4v) is 2.44. The molecule has 0 aliphatic rings. The second-order valence-electron chi connectivity index (χ2n) is 4.47. The van der Waals surface area contributed by atoms with E-state index in [1.54, 1.807) is 0 Å². The van der Waals surface area contributed by atoms with Crippen molar-refractivity contribution in [2.75, 3.05) is 18.1 Å². The lowest BCUT2D eigenvalue weighted by Crippen LogP contribution is -2.37. The van der Waals surface area contributed by atoms with Gasteiger partial charge < -0.3 is 10.0 Å². The first-order chi connectivity index (χ1) is 8.69. The molecule has 1 rings (SSSR count). The summed E-state index contributed by atoms with van der Waals surface area (Å²) in [6.45, 7) is 6.98. The minimum atomic E-state index is 0.107. The zero-order chi connectivity index (χ0) is 13.5. The van der Waals surface area contributed by atoms with E-state index in [9.17, 15) is 10.4 Å². The van der Waals surface area contributed by atoms with Crippen molar-refractivity contribution in [2.45, 2.75) is 39.7 Å². The third-order valence-electron chi connectivity index (χ3n) is 3.37. The second-order valence-corrected chi connectivity index (χ2v) is 4.47. The van der Waals surface area contributed by atoms with Crippen LogP contribution in [0.15, 0.2) is 18.2 Å². The van der Waals surface area contributed by atoms with E-state index in [1.807, 2.05) is 25.1 Å². The van der Waals surface area contributed by atoms with Crippen molar-refractivity contribution in [3.8, 4) is 6.07 Å². The maximum Gasteiger partial charge on any atom is 0.101 e. The first-order valence-electron chi connectivity index (χ1n) is 6.56. The number of para-hydroxylation sites is 1. The van der Waals surface area contributed by atoms with Crippen molar-refractivity contribution >= 4 is 5.69 Å². The number of aliphatic hydroxyl groups excluding tert-OH is 1. The fraction of sp³-hybridized carbons (Fsp3) is 0.533. The average Bonchev–Trinajstić information content (AvgIpc) is 2.39. The summed E-state index contributed by atoms with van der Waals surface area (Å²) in [5, 5.41) is 18.5. The van der Waals surface area contributed by atoms with Gasteiger partial charge in [0.15, 0.2) is 0 Å². The molecule has 98 valence electrons. The van der Waals surface area contributed by atoms with E-state index < -0.39 is 0 Å². The van der Waals surface area contributed by atoms with Gasteiger partial charge in [0.2, 0.25) is 0 Å². The van der Waals surface area contributed by atoms with Crippen molar-refractivity contribution in [3.05, 3.63) is 29.3 Å². The van der Waals surface area contributed by atoms with Crippen molar-refractivity contribution in [1.29, 1.82) is 5.26 Å². The quantitative estimate of drug-likeness (QED) is 0.839. The van der Waals surface area contributed by atoms with Crippen LogP contribution in [0, 0.1) is 18.3 Å². The smallest absolute Gasteiger partial charge is 0.101 e. The van der Waals surface area contributed by atoms with Crippen LogP contribution in [0.25, 0.3) is 0 Å². The van der Waals surface area contributed by atoms with E-state index in [1.165, 1.54) is 0 Å². The van der Waals surface area contributed by atoms with Crippen molar-refractivity contribution in [1.82, 2.24) is 0 Å². The molecule has 0 radical (unpaired) electrons. The molecule has 1 N–H and O–H groups in total. The lowest BCUT2D eigenvalue weighted by molar-refractivity contribution is 0.296. The molecule has 0 aromatic heterocycles. The molecule has 0 saturated carbocycles. The summed E-state index contributed by atoms with van der Waals surface area (Å²) in [6.07, 6.45) is 2.02. The molecular weight excluding hydrogens is 224 g/mol. The molecule has 0 atom stereocenters. The van der Waals surface area contributed by atoms with E-state index in [-0.39, 0.29) is 6.61 Å². The van der Waals surface area contributed by atoms with Crippen LogP contribution < -0.4 is 4.90 Å². The molecule has 0 saturated heterocycles. The number of hydrogen-bond acceptors (Lipinski definition) is 3. The maximum atomic E-state index is 9.27. The Bertz CT molecular complexity index is 419. The van der Waals surface area contributed by atoms with Gasteiger partial charge in [0.25, 0.3) is 0 Å². The summed E-state index contributed by atoms with van der Waals surface area (Å²) >= 11 is 0. The van der Waals surface area contributed by atoms with Crippen molar-refractivity contribution in [3.63, 3.8) is 0 Å². The third-order valence-corrected chi connectivity index (χ3v) is 3.37. The number of nitrogens with zero attached hydrogens (tertiary/aromatic N) is 2. The molecule has 3 nitrogen and oxygen atoms in total. The van der Waals surface area contributed by atoms with Gasteiger partial charge in [-0.1, -0.05) is 26.0 Å². The summed E-state index contributed by atoms with van der Waals surface area (Å²) < 4.78 is 0. The molecule has 0 aliphatic heterocycles. The SMILES string of the molecule is CCC(CC)N(CCO)c1c(C)cccc1C#N. The summed E-state index contributed by atoms with van der Waals surface area (Å²) in [5.41, 5.74) is 2.76. The van der Waals surface area contributed by atoms with E-state index in [0.717, 1.165) is 24.1 Å². The summed E-state index contributed by atoms with van der Waals surface area (Å²) in [5.74, 6) is 0. The number of anilines is 1. The van der Waals surface area contributed by atoms with Crippen LogP contribution in [0.4, 0.5) is 5.69 Å². The van der Waals surface area contributed by atoms with Gasteiger partial charge in [-0.15, -0.1) is 0 Å². The molecule has 0 fully saturated rings. The number of benzene rings is 1. The average molecular weight is 246 g/mol. The van der Waals surface area contributed by atoms with Gasteiger partial charge >= 0.3 is 0 Å². The highest BCUT2D eigenvalue weighted by Crippen LogP contribution is 2.28. The predicted molar refractivity (Wildman–Crippen MR) is 74.7 cm³/mol. The van der Waals surface area contributed by atoms with E-state index in [0.29, 0.717) is 18.2 Å². The van der Waals surface area contributed by atoms with Gasteiger partial charge in [0, 0.05) is 12.6 Å². The van der Waals surface area contributed by atoms with Crippen LogP contribution in [-0.2, 0) is 0 Å². The summed E-state index contributed by atoms with van der Waals surface area (Å²) in [6, 6.07) is 8.38. The molecule has 0 amide bonds. The highest BCUT2D eigenvalue weighted by molar-refractivity contribution is 5.64. The van der Waals surface area contributed by atoms with Gasteiger partial charge in [-0.3, -0.25) is 0 Å².